The second-order valence-electron chi connectivity index (χ2n) is 6.97. The van der Waals surface area contributed by atoms with Gasteiger partial charge in [0.25, 0.3) is 5.22 Å². The molecule has 7 nitrogen and oxygen atoms in total. The van der Waals surface area contributed by atoms with E-state index in [0.29, 0.717) is 22.2 Å². The molecule has 1 aliphatic carbocycles. The molecule has 3 rings (SSSR count). The van der Waals surface area contributed by atoms with Crippen LogP contribution in [0.3, 0.4) is 0 Å². The molecule has 0 saturated heterocycles. The van der Waals surface area contributed by atoms with Crippen molar-refractivity contribution in [1.29, 1.82) is 0 Å². The smallest absolute Gasteiger partial charge is 0.257 e. The normalized spacial score (nSPS) is 14.8. The van der Waals surface area contributed by atoms with Gasteiger partial charge in [0.1, 0.15) is 5.52 Å². The maximum Gasteiger partial charge on any atom is 0.257 e. The van der Waals surface area contributed by atoms with Gasteiger partial charge in [-0.3, -0.25) is 4.79 Å². The SMILES string of the molecule is CCCN(CC1CC1)C(=O)CSc1nc2cc(S(=O)(=O)N(C)C)ccc2o1. The van der Waals surface area contributed by atoms with Crippen LogP contribution in [0.5, 0.6) is 0 Å². The Balaban J connectivity index is 1.69. The molecular formula is C18H25N3O4S2. The average molecular weight is 412 g/mol. The van der Waals surface area contributed by atoms with Crippen molar-refractivity contribution in [3.63, 3.8) is 0 Å². The summed E-state index contributed by atoms with van der Waals surface area (Å²) in [6.45, 7) is 3.68. The quantitative estimate of drug-likeness (QED) is 0.590. The summed E-state index contributed by atoms with van der Waals surface area (Å²) in [6.07, 6.45) is 3.36. The molecule has 148 valence electrons. The fourth-order valence-corrected chi connectivity index (χ4v) is 4.40. The molecule has 0 radical (unpaired) electrons. The van der Waals surface area contributed by atoms with E-state index in [4.69, 9.17) is 4.42 Å². The van der Waals surface area contributed by atoms with Gasteiger partial charge in [0.15, 0.2) is 5.58 Å². The Labute approximate surface area is 164 Å². The van der Waals surface area contributed by atoms with Crippen molar-refractivity contribution in [3.8, 4) is 0 Å². The van der Waals surface area contributed by atoms with Crippen molar-refractivity contribution in [2.24, 2.45) is 5.92 Å². The first-order valence-corrected chi connectivity index (χ1v) is 11.5. The van der Waals surface area contributed by atoms with Gasteiger partial charge in [0.05, 0.1) is 10.6 Å². The third-order valence-corrected chi connectivity index (χ3v) is 7.08. The largest absolute Gasteiger partial charge is 0.431 e. The zero-order valence-electron chi connectivity index (χ0n) is 15.8. The van der Waals surface area contributed by atoms with Crippen molar-refractivity contribution in [3.05, 3.63) is 18.2 Å². The van der Waals surface area contributed by atoms with E-state index in [0.717, 1.165) is 23.8 Å². The standard InChI is InChI=1S/C18H25N3O4S2/c1-4-9-21(11-13-5-6-13)17(22)12-26-18-19-15-10-14(7-8-16(15)25-18)27(23,24)20(2)3/h7-8,10,13H,4-6,9,11-12H2,1-3H3. The second kappa shape index (κ2) is 8.20. The minimum Gasteiger partial charge on any atom is -0.431 e. The average Bonchev–Trinajstić information content (AvgIpc) is 3.35. The lowest BCUT2D eigenvalue weighted by Crippen LogP contribution is -2.34. The number of aromatic nitrogens is 1. The summed E-state index contributed by atoms with van der Waals surface area (Å²) in [5.74, 6) is 1.02. The molecule has 1 amide bonds. The topological polar surface area (TPSA) is 83.7 Å². The Hall–Kier alpha value is -1.58. The summed E-state index contributed by atoms with van der Waals surface area (Å²) in [5.41, 5.74) is 0.974. The second-order valence-corrected chi connectivity index (χ2v) is 10.0. The summed E-state index contributed by atoms with van der Waals surface area (Å²) < 4.78 is 31.3. The molecule has 1 heterocycles. The predicted molar refractivity (Wildman–Crippen MR) is 105 cm³/mol. The summed E-state index contributed by atoms with van der Waals surface area (Å²) in [7, 11) is -0.554. The summed E-state index contributed by atoms with van der Waals surface area (Å²) in [6, 6.07) is 4.60. The molecule has 0 bridgehead atoms. The van der Waals surface area contributed by atoms with Crippen LogP contribution < -0.4 is 0 Å². The molecule has 1 aromatic heterocycles. The maximum absolute atomic E-state index is 12.5. The van der Waals surface area contributed by atoms with E-state index in [1.165, 1.54) is 50.8 Å². The highest BCUT2D eigenvalue weighted by Crippen LogP contribution is 2.30. The highest BCUT2D eigenvalue weighted by Gasteiger charge is 2.26. The molecule has 27 heavy (non-hydrogen) atoms. The molecular weight excluding hydrogens is 386 g/mol. The van der Waals surface area contributed by atoms with Gasteiger partial charge < -0.3 is 9.32 Å². The molecule has 0 atom stereocenters. The molecule has 9 heteroatoms. The van der Waals surface area contributed by atoms with E-state index >= 15 is 0 Å². The van der Waals surface area contributed by atoms with Gasteiger partial charge in [-0.1, -0.05) is 18.7 Å². The first-order chi connectivity index (χ1) is 12.8. The van der Waals surface area contributed by atoms with E-state index in [-0.39, 0.29) is 16.6 Å². The number of sulfonamides is 1. The third kappa shape index (κ3) is 4.83. The number of hydrogen-bond acceptors (Lipinski definition) is 6. The zero-order valence-corrected chi connectivity index (χ0v) is 17.5. The van der Waals surface area contributed by atoms with Crippen molar-refractivity contribution in [2.45, 2.75) is 36.3 Å². The molecule has 1 aliphatic rings. The summed E-state index contributed by atoms with van der Waals surface area (Å²) >= 11 is 1.25. The van der Waals surface area contributed by atoms with E-state index in [1.807, 2.05) is 4.90 Å². The van der Waals surface area contributed by atoms with Gasteiger partial charge in [0.2, 0.25) is 15.9 Å². The van der Waals surface area contributed by atoms with Gasteiger partial charge in [-0.15, -0.1) is 0 Å². The van der Waals surface area contributed by atoms with E-state index < -0.39 is 10.0 Å². The molecule has 0 unspecified atom stereocenters. The molecule has 1 aromatic carbocycles. The van der Waals surface area contributed by atoms with Crippen LogP contribution >= 0.6 is 11.8 Å². The fourth-order valence-electron chi connectivity index (χ4n) is 2.73. The van der Waals surface area contributed by atoms with Crippen LogP contribution in [-0.4, -0.2) is 61.5 Å². The molecule has 1 saturated carbocycles. The highest BCUT2D eigenvalue weighted by atomic mass is 32.2. The number of nitrogens with zero attached hydrogens (tertiary/aromatic N) is 3. The lowest BCUT2D eigenvalue weighted by Gasteiger charge is -2.21. The Kier molecular flexibility index (Phi) is 6.12. The number of carbonyl (C=O) groups excluding carboxylic acids is 1. The number of rotatable bonds is 9. The summed E-state index contributed by atoms with van der Waals surface area (Å²) in [4.78, 5) is 18.9. The number of fused-ring (bicyclic) bond motifs is 1. The minimum atomic E-state index is -3.52. The number of benzene rings is 1. The summed E-state index contributed by atoms with van der Waals surface area (Å²) in [5, 5.41) is 0.376. The van der Waals surface area contributed by atoms with Gasteiger partial charge in [-0.2, -0.15) is 0 Å². The molecule has 0 spiro atoms. The lowest BCUT2D eigenvalue weighted by molar-refractivity contribution is -0.128. The van der Waals surface area contributed by atoms with Crippen molar-refractivity contribution < 1.29 is 17.6 Å². The Bertz CT molecular complexity index is 920. The third-order valence-electron chi connectivity index (χ3n) is 4.46. The lowest BCUT2D eigenvalue weighted by atomic mass is 10.3. The zero-order chi connectivity index (χ0) is 19.6. The number of amides is 1. The van der Waals surface area contributed by atoms with Crippen molar-refractivity contribution in [1.82, 2.24) is 14.2 Å². The van der Waals surface area contributed by atoms with Gasteiger partial charge >= 0.3 is 0 Å². The highest BCUT2D eigenvalue weighted by molar-refractivity contribution is 7.99. The number of oxazole rings is 1. The van der Waals surface area contributed by atoms with Crippen LogP contribution in [0.4, 0.5) is 0 Å². The number of carbonyl (C=O) groups is 1. The first kappa shape index (κ1) is 20.2. The Morgan fingerprint density at radius 1 is 1.33 bits per heavy atom. The molecule has 2 aromatic rings. The maximum atomic E-state index is 12.5. The van der Waals surface area contributed by atoms with Crippen molar-refractivity contribution >= 4 is 38.8 Å². The van der Waals surface area contributed by atoms with E-state index in [2.05, 4.69) is 11.9 Å². The minimum absolute atomic E-state index is 0.0897. The van der Waals surface area contributed by atoms with Gasteiger partial charge in [-0.25, -0.2) is 17.7 Å². The van der Waals surface area contributed by atoms with E-state index in [9.17, 15) is 13.2 Å². The predicted octanol–water partition coefficient (Wildman–Crippen LogP) is 2.82. The van der Waals surface area contributed by atoms with Gasteiger partial charge in [0, 0.05) is 27.2 Å². The Morgan fingerprint density at radius 3 is 2.70 bits per heavy atom. The van der Waals surface area contributed by atoms with Crippen LogP contribution in [0.1, 0.15) is 26.2 Å². The number of hydrogen-bond donors (Lipinski definition) is 0. The van der Waals surface area contributed by atoms with Crippen molar-refractivity contribution in [2.75, 3.05) is 32.9 Å². The van der Waals surface area contributed by atoms with Crippen LogP contribution in [0.15, 0.2) is 32.7 Å². The van der Waals surface area contributed by atoms with E-state index in [1.54, 1.807) is 6.07 Å². The van der Waals surface area contributed by atoms with Crippen LogP contribution in [0.25, 0.3) is 11.1 Å². The van der Waals surface area contributed by atoms with Crippen LogP contribution in [-0.2, 0) is 14.8 Å². The molecule has 0 aliphatic heterocycles. The van der Waals surface area contributed by atoms with Crippen LogP contribution in [0, 0.1) is 5.92 Å². The fraction of sp³-hybridized carbons (Fsp3) is 0.556. The molecule has 1 fully saturated rings. The number of thioether (sulfide) groups is 1. The van der Waals surface area contributed by atoms with Gasteiger partial charge in [-0.05, 0) is 43.4 Å². The monoisotopic (exact) mass is 411 g/mol. The molecule has 0 N–H and O–H groups in total. The van der Waals surface area contributed by atoms with Crippen LogP contribution in [0.2, 0.25) is 0 Å². The Morgan fingerprint density at radius 2 is 2.07 bits per heavy atom. The first-order valence-electron chi connectivity index (χ1n) is 9.05.